The van der Waals surface area contributed by atoms with Gasteiger partial charge in [-0.2, -0.15) is 0 Å². The average Bonchev–Trinajstić information content (AvgIpc) is 3.18. The predicted molar refractivity (Wildman–Crippen MR) is 115 cm³/mol. The van der Waals surface area contributed by atoms with E-state index in [2.05, 4.69) is 10.6 Å². The topological polar surface area (TPSA) is 63.5 Å². The van der Waals surface area contributed by atoms with Gasteiger partial charge in [-0.05, 0) is 49.5 Å². The number of ether oxygens (including phenoxy) is 1. The van der Waals surface area contributed by atoms with E-state index in [0.717, 1.165) is 11.3 Å². The molecule has 0 fully saturated rings. The van der Waals surface area contributed by atoms with Crippen LogP contribution in [0.4, 0.5) is 5.69 Å². The van der Waals surface area contributed by atoms with Crippen molar-refractivity contribution in [2.75, 3.05) is 11.9 Å². The first kappa shape index (κ1) is 19.4. The highest BCUT2D eigenvalue weighted by Crippen LogP contribution is 2.24. The van der Waals surface area contributed by atoms with E-state index in [1.165, 1.54) is 6.08 Å². The highest BCUT2D eigenvalue weighted by molar-refractivity contribution is 7.80. The Labute approximate surface area is 169 Å². The van der Waals surface area contributed by atoms with Gasteiger partial charge in [-0.1, -0.05) is 42.5 Å². The van der Waals surface area contributed by atoms with Crippen LogP contribution in [0.3, 0.4) is 0 Å². The number of carbonyl (C=O) groups is 1. The first-order valence-corrected chi connectivity index (χ1v) is 9.23. The number of thiocarbonyl (C=S) groups is 1. The Morgan fingerprint density at radius 2 is 1.82 bits per heavy atom. The molecule has 0 radical (unpaired) electrons. The number of rotatable bonds is 6. The highest BCUT2D eigenvalue weighted by Gasteiger charge is 2.07. The van der Waals surface area contributed by atoms with E-state index < -0.39 is 0 Å². The van der Waals surface area contributed by atoms with Crippen LogP contribution in [0.2, 0.25) is 0 Å². The largest absolute Gasteiger partial charge is 0.492 e. The number of hydrogen-bond donors (Lipinski definition) is 2. The van der Waals surface area contributed by atoms with Crippen molar-refractivity contribution in [3.05, 3.63) is 78.6 Å². The molecule has 3 rings (SSSR count). The van der Waals surface area contributed by atoms with Crippen molar-refractivity contribution in [2.45, 2.75) is 6.92 Å². The molecule has 1 amide bonds. The van der Waals surface area contributed by atoms with E-state index in [1.807, 2.05) is 67.6 Å². The summed E-state index contributed by atoms with van der Waals surface area (Å²) in [6.45, 7) is 2.44. The molecule has 0 aliphatic heterocycles. The van der Waals surface area contributed by atoms with Gasteiger partial charge in [0.2, 0.25) is 5.91 Å². The zero-order chi connectivity index (χ0) is 19.8. The van der Waals surface area contributed by atoms with Crippen LogP contribution in [-0.4, -0.2) is 17.6 Å². The van der Waals surface area contributed by atoms with Crippen molar-refractivity contribution in [2.24, 2.45) is 0 Å². The molecule has 1 aromatic heterocycles. The third-order valence-corrected chi connectivity index (χ3v) is 3.96. The number of nitrogens with one attached hydrogen (secondary N) is 2. The summed E-state index contributed by atoms with van der Waals surface area (Å²) in [5.41, 5.74) is 1.67. The minimum absolute atomic E-state index is 0.186. The van der Waals surface area contributed by atoms with Gasteiger partial charge < -0.3 is 14.5 Å². The summed E-state index contributed by atoms with van der Waals surface area (Å²) in [6.07, 6.45) is 2.97. The quantitative estimate of drug-likeness (QED) is 0.463. The summed E-state index contributed by atoms with van der Waals surface area (Å²) in [7, 11) is 0. The minimum Gasteiger partial charge on any atom is -0.492 e. The number of hydrogen-bond acceptors (Lipinski definition) is 4. The smallest absolute Gasteiger partial charge is 0.250 e. The van der Waals surface area contributed by atoms with Crippen LogP contribution in [0.5, 0.6) is 5.75 Å². The minimum atomic E-state index is -0.357. The van der Waals surface area contributed by atoms with E-state index in [1.54, 1.807) is 12.1 Å². The van der Waals surface area contributed by atoms with Gasteiger partial charge in [-0.25, -0.2) is 0 Å². The summed E-state index contributed by atoms with van der Waals surface area (Å²) >= 11 is 5.20. The van der Waals surface area contributed by atoms with Crippen molar-refractivity contribution in [1.82, 2.24) is 5.32 Å². The van der Waals surface area contributed by atoms with Crippen molar-refractivity contribution >= 4 is 35.0 Å². The fourth-order valence-electron chi connectivity index (χ4n) is 2.52. The average molecular weight is 392 g/mol. The van der Waals surface area contributed by atoms with Crippen molar-refractivity contribution < 1.29 is 13.9 Å². The summed E-state index contributed by atoms with van der Waals surface area (Å²) < 4.78 is 11.3. The van der Waals surface area contributed by atoms with Gasteiger partial charge in [0, 0.05) is 11.6 Å². The molecule has 0 atom stereocenters. The number of furan rings is 1. The van der Waals surface area contributed by atoms with Crippen LogP contribution in [-0.2, 0) is 4.79 Å². The third-order valence-electron chi connectivity index (χ3n) is 3.76. The lowest BCUT2D eigenvalue weighted by atomic mass is 10.2. The van der Waals surface area contributed by atoms with Crippen LogP contribution in [0.25, 0.3) is 17.4 Å². The van der Waals surface area contributed by atoms with Gasteiger partial charge in [-0.3, -0.25) is 10.1 Å². The molecule has 2 N–H and O–H groups in total. The maximum atomic E-state index is 12.1. The second-order valence-corrected chi connectivity index (χ2v) is 6.18. The van der Waals surface area contributed by atoms with Gasteiger partial charge in [0.15, 0.2) is 5.11 Å². The predicted octanol–water partition coefficient (Wildman–Crippen LogP) is 4.87. The fourth-order valence-corrected chi connectivity index (χ4v) is 2.73. The Hall–Kier alpha value is -3.38. The Balaban J connectivity index is 1.57. The Bertz CT molecular complexity index is 980. The lowest BCUT2D eigenvalue weighted by Crippen LogP contribution is -2.32. The number of benzene rings is 2. The van der Waals surface area contributed by atoms with Gasteiger partial charge in [0.1, 0.15) is 17.3 Å². The molecule has 0 saturated carbocycles. The van der Waals surface area contributed by atoms with Gasteiger partial charge in [0.05, 0.1) is 12.3 Å². The van der Waals surface area contributed by atoms with Crippen molar-refractivity contribution in [3.63, 3.8) is 0 Å². The van der Waals surface area contributed by atoms with E-state index in [-0.39, 0.29) is 11.0 Å². The zero-order valence-electron chi connectivity index (χ0n) is 15.3. The van der Waals surface area contributed by atoms with Crippen LogP contribution < -0.4 is 15.4 Å². The van der Waals surface area contributed by atoms with Crippen LogP contribution in [0.15, 0.2) is 77.2 Å². The maximum Gasteiger partial charge on any atom is 0.250 e. The maximum absolute atomic E-state index is 12.1. The summed E-state index contributed by atoms with van der Waals surface area (Å²) in [5, 5.41) is 5.76. The van der Waals surface area contributed by atoms with E-state index in [9.17, 15) is 4.79 Å². The molecule has 0 bridgehead atoms. The Morgan fingerprint density at radius 3 is 2.61 bits per heavy atom. The van der Waals surface area contributed by atoms with E-state index in [0.29, 0.717) is 23.8 Å². The molecule has 3 aromatic rings. The molecule has 0 aliphatic rings. The molecular formula is C22H20N2O3S. The second-order valence-electron chi connectivity index (χ2n) is 5.77. The lowest BCUT2D eigenvalue weighted by Gasteiger charge is -2.12. The van der Waals surface area contributed by atoms with Crippen molar-refractivity contribution in [3.8, 4) is 17.1 Å². The van der Waals surface area contributed by atoms with Gasteiger partial charge in [-0.15, -0.1) is 0 Å². The molecule has 142 valence electrons. The fraction of sp³-hybridized carbons (Fsp3) is 0.0909. The molecule has 0 aliphatic carbocycles. The number of carbonyl (C=O) groups excluding carboxylic acids is 1. The molecule has 2 aromatic carbocycles. The third kappa shape index (κ3) is 5.31. The molecule has 5 nitrogen and oxygen atoms in total. The molecule has 0 saturated heterocycles. The van der Waals surface area contributed by atoms with Crippen LogP contribution in [0.1, 0.15) is 12.7 Å². The molecule has 28 heavy (non-hydrogen) atoms. The van der Waals surface area contributed by atoms with Crippen LogP contribution in [0, 0.1) is 0 Å². The highest BCUT2D eigenvalue weighted by atomic mass is 32.1. The lowest BCUT2D eigenvalue weighted by molar-refractivity contribution is -0.115. The molecule has 0 spiro atoms. The summed E-state index contributed by atoms with van der Waals surface area (Å²) in [4.78, 5) is 12.1. The summed E-state index contributed by atoms with van der Waals surface area (Å²) in [5.74, 6) is 1.63. The normalized spacial score (nSPS) is 10.6. The first-order chi connectivity index (χ1) is 13.7. The monoisotopic (exact) mass is 392 g/mol. The number of amides is 1. The zero-order valence-corrected chi connectivity index (χ0v) is 16.2. The van der Waals surface area contributed by atoms with Gasteiger partial charge >= 0.3 is 0 Å². The van der Waals surface area contributed by atoms with Gasteiger partial charge in [0.25, 0.3) is 0 Å². The first-order valence-electron chi connectivity index (χ1n) is 8.83. The summed E-state index contributed by atoms with van der Waals surface area (Å²) in [6, 6.07) is 20.8. The molecule has 0 unspecified atom stereocenters. The van der Waals surface area contributed by atoms with E-state index >= 15 is 0 Å². The second kappa shape index (κ2) is 9.53. The number of para-hydroxylation sites is 2. The van der Waals surface area contributed by atoms with Crippen molar-refractivity contribution in [1.29, 1.82) is 0 Å². The molecular weight excluding hydrogens is 372 g/mol. The number of anilines is 1. The van der Waals surface area contributed by atoms with E-state index in [4.69, 9.17) is 21.4 Å². The Kier molecular flexibility index (Phi) is 6.59. The molecule has 1 heterocycles. The standard InChI is InChI=1S/C22H20N2O3S/c1-2-26-20-11-7-6-10-18(20)23-22(28)24-21(25)15-13-17-12-14-19(27-17)16-8-4-3-5-9-16/h3-15H,2H2,1H3,(H2,23,24,25,28)/b15-13+. The molecule has 6 heteroatoms. The SMILES string of the molecule is CCOc1ccccc1NC(=S)NC(=O)/C=C/c1ccc(-c2ccccc2)o1. The Morgan fingerprint density at radius 1 is 1.07 bits per heavy atom. The van der Waals surface area contributed by atoms with Crippen LogP contribution >= 0.6 is 12.2 Å².